The number of unbranched alkanes of at least 4 members (excludes halogenated alkanes) is 6. The van der Waals surface area contributed by atoms with Crippen LogP contribution in [0.4, 0.5) is 16.2 Å². The molecule has 0 saturated carbocycles. The predicted octanol–water partition coefficient (Wildman–Crippen LogP) is 12.0. The molecule has 0 aromatic heterocycles. The van der Waals surface area contributed by atoms with Gasteiger partial charge >= 0.3 is 23.9 Å². The Morgan fingerprint density at radius 1 is 0.685 bits per heavy atom. The Kier molecular flexibility index (Phi) is 27.4. The number of carbonyl (C=O) groups is 8. The smallest absolute Gasteiger partial charge is 0.326 e. The summed E-state index contributed by atoms with van der Waals surface area (Å²) in [6.07, 6.45) is 16.9. The average Bonchev–Trinajstić information content (AvgIpc) is 1.60. The van der Waals surface area contributed by atoms with Gasteiger partial charge in [-0.15, -0.1) is 0 Å². The molecule has 92 heavy (non-hydrogen) atoms. The van der Waals surface area contributed by atoms with Gasteiger partial charge in [-0.25, -0.2) is 14.4 Å². The second-order valence-corrected chi connectivity index (χ2v) is 26.9. The van der Waals surface area contributed by atoms with Crippen LogP contribution in [0.25, 0.3) is 0 Å². The first-order chi connectivity index (χ1) is 43.7. The number of ketones is 3. The second kappa shape index (κ2) is 34.6. The zero-order chi connectivity index (χ0) is 67.2. The normalized spacial score (nSPS) is 16.9. The predicted molar refractivity (Wildman–Crippen MR) is 353 cm³/mol. The van der Waals surface area contributed by atoms with Crippen LogP contribution in [0.15, 0.2) is 120 Å². The van der Waals surface area contributed by atoms with Crippen molar-refractivity contribution in [3.8, 4) is 5.75 Å². The van der Waals surface area contributed by atoms with E-state index in [4.69, 9.17) is 4.74 Å². The molecule has 0 fully saturated rings. The van der Waals surface area contributed by atoms with E-state index in [-0.39, 0.29) is 86.6 Å². The molecule has 2 aliphatic heterocycles. The van der Waals surface area contributed by atoms with E-state index in [0.29, 0.717) is 82.1 Å². The Hall–Kier alpha value is -8.04. The van der Waals surface area contributed by atoms with Gasteiger partial charge < -0.3 is 45.7 Å². The van der Waals surface area contributed by atoms with Crippen LogP contribution < -0.4 is 25.6 Å². The maximum atomic E-state index is 13.9. The zero-order valence-corrected chi connectivity index (χ0v) is 55.0. The van der Waals surface area contributed by atoms with Crippen LogP contribution >= 0.6 is 0 Å². The molecule has 20 nitrogen and oxygen atoms in total. The van der Waals surface area contributed by atoms with E-state index in [0.717, 1.165) is 59.7 Å². The number of urea groups is 1. The van der Waals surface area contributed by atoms with Crippen molar-refractivity contribution in [1.82, 2.24) is 16.0 Å². The molecule has 0 saturated heterocycles. The highest BCUT2D eigenvalue weighted by molar-refractivity contribution is 7.85. The number of carboxylic acid groups (broad SMARTS) is 3. The number of carbonyl (C=O) groups excluding carboxylic acids is 5. The highest BCUT2D eigenvalue weighted by atomic mass is 32.2. The molecular formula is C71H94N5O15S+. The van der Waals surface area contributed by atoms with Crippen LogP contribution in [0.1, 0.15) is 198 Å². The van der Waals surface area contributed by atoms with Gasteiger partial charge in [0.25, 0.3) is 10.1 Å². The van der Waals surface area contributed by atoms with Crippen molar-refractivity contribution in [3.05, 3.63) is 136 Å². The summed E-state index contributed by atoms with van der Waals surface area (Å²) >= 11 is 0. The summed E-state index contributed by atoms with van der Waals surface area (Å²) in [5.41, 5.74) is 8.10. The van der Waals surface area contributed by atoms with Crippen LogP contribution in [0.2, 0.25) is 0 Å². The molecule has 3 aliphatic rings. The molecule has 3 aromatic carbocycles. The third-order valence-corrected chi connectivity index (χ3v) is 18.4. The lowest BCUT2D eigenvalue weighted by atomic mass is 9.80. The number of fused-ring (bicyclic) bond motifs is 2. The minimum absolute atomic E-state index is 0.0357. The molecule has 3 aromatic rings. The summed E-state index contributed by atoms with van der Waals surface area (Å²) in [6.45, 7) is 13.6. The fourth-order valence-electron chi connectivity index (χ4n) is 12.5. The molecule has 0 spiro atoms. The van der Waals surface area contributed by atoms with E-state index >= 15 is 0 Å². The summed E-state index contributed by atoms with van der Waals surface area (Å²) in [5.74, 6) is -4.11. The number of para-hydroxylation sites is 2. The summed E-state index contributed by atoms with van der Waals surface area (Å²) in [7, 11) is -4.23. The molecule has 6 rings (SSSR count). The fourth-order valence-corrected chi connectivity index (χ4v) is 12.9. The van der Waals surface area contributed by atoms with Gasteiger partial charge in [-0.1, -0.05) is 82.0 Å². The first-order valence-electron chi connectivity index (χ1n) is 32.5. The number of anilines is 1. The molecule has 21 heteroatoms. The number of rotatable bonds is 39. The first-order valence-corrected chi connectivity index (χ1v) is 34.1. The van der Waals surface area contributed by atoms with Crippen molar-refractivity contribution in [3.63, 3.8) is 0 Å². The number of amides is 3. The molecule has 498 valence electrons. The second-order valence-electron chi connectivity index (χ2n) is 25.3. The van der Waals surface area contributed by atoms with Gasteiger partial charge in [-0.2, -0.15) is 13.0 Å². The maximum Gasteiger partial charge on any atom is 0.326 e. The van der Waals surface area contributed by atoms with E-state index in [1.54, 1.807) is 6.07 Å². The summed E-state index contributed by atoms with van der Waals surface area (Å²) in [6, 6.07) is 20.3. The molecular weight excluding hydrogens is 1190 g/mol. The number of aliphatic carboxylic acids is 3. The lowest BCUT2D eigenvalue weighted by Gasteiger charge is -2.26. The molecule has 1 aliphatic carbocycles. The molecule has 0 bridgehead atoms. The van der Waals surface area contributed by atoms with E-state index < -0.39 is 63.2 Å². The van der Waals surface area contributed by atoms with Gasteiger partial charge in [0, 0.05) is 91.7 Å². The van der Waals surface area contributed by atoms with Crippen LogP contribution in [0.3, 0.4) is 0 Å². The molecule has 7 N–H and O–H groups in total. The van der Waals surface area contributed by atoms with Crippen molar-refractivity contribution in [1.29, 1.82) is 0 Å². The number of likely N-dealkylation sites (N-methyl/N-ethyl adjacent to an activating group) is 1. The van der Waals surface area contributed by atoms with E-state index in [1.165, 1.54) is 23.9 Å². The van der Waals surface area contributed by atoms with Gasteiger partial charge in [0.1, 0.15) is 41.7 Å². The van der Waals surface area contributed by atoms with Crippen LogP contribution in [0.5, 0.6) is 5.75 Å². The summed E-state index contributed by atoms with van der Waals surface area (Å²) < 4.78 is 42.6. The molecule has 2 heterocycles. The third kappa shape index (κ3) is 21.3. The Morgan fingerprint density at radius 2 is 1.34 bits per heavy atom. The number of nitrogens with zero attached hydrogens (tertiary/aromatic N) is 2. The fraction of sp³-hybridized carbons (Fsp3) is 0.507. The lowest BCUT2D eigenvalue weighted by molar-refractivity contribution is -0.437. The summed E-state index contributed by atoms with van der Waals surface area (Å²) in [4.78, 5) is 100. The zero-order valence-electron chi connectivity index (χ0n) is 54.2. The molecule has 3 atom stereocenters. The minimum atomic E-state index is -4.23. The third-order valence-electron chi connectivity index (χ3n) is 17.6. The number of benzene rings is 3. The van der Waals surface area contributed by atoms with Crippen molar-refractivity contribution < 1.29 is 76.0 Å². The number of hydrogen-bond donors (Lipinski definition) is 7. The largest absolute Gasteiger partial charge is 0.481 e. The topological polar surface area (TPSA) is 303 Å². The molecule has 1 unspecified atom stereocenters. The van der Waals surface area contributed by atoms with Gasteiger partial charge in [-0.05, 0) is 158 Å². The Bertz CT molecular complexity index is 3440. The molecule has 3 amide bonds. The number of ether oxygens (including phenoxy) is 1. The lowest BCUT2D eigenvalue weighted by Crippen LogP contribution is -2.51. The quantitative estimate of drug-likeness (QED) is 0.0121. The Labute approximate surface area is 541 Å². The van der Waals surface area contributed by atoms with E-state index in [2.05, 4.69) is 109 Å². The highest BCUT2D eigenvalue weighted by Crippen LogP contribution is 2.48. The van der Waals surface area contributed by atoms with E-state index in [1.807, 2.05) is 42.5 Å². The van der Waals surface area contributed by atoms with Crippen molar-refractivity contribution >= 4 is 74.4 Å². The van der Waals surface area contributed by atoms with Gasteiger partial charge in [-0.3, -0.25) is 23.7 Å². The SMILES string of the molecule is CCN1/C(=C/C=C2\CCCC(/C=C/C3=[N+](CCCS(=O)(=O)O)c4ccc(C(=O)CCCCCC(CC(=O)CCCCCCC(=O)NCCCC[C@H](NC(=O)N[C@@H](CCC(C)=O)C(=O)O)C(=O)O)C(=O)O)cc4C3(C)C)=C2Oc2ccccc2)C(C)(C)c2ccccc21. The number of hydrogen-bond acceptors (Lipinski definition) is 12. The highest BCUT2D eigenvalue weighted by Gasteiger charge is 2.45. The Balaban J connectivity index is 0.975. The van der Waals surface area contributed by atoms with Crippen LogP contribution in [0, 0.1) is 5.92 Å². The van der Waals surface area contributed by atoms with Crippen molar-refractivity contribution in [2.75, 3.05) is 30.3 Å². The number of carboxylic acids is 3. The van der Waals surface area contributed by atoms with Gasteiger partial charge in [0.05, 0.1) is 17.1 Å². The maximum absolute atomic E-state index is 13.9. The number of allylic oxidation sites excluding steroid dienone is 7. The number of nitrogens with one attached hydrogen (secondary N) is 3. The van der Waals surface area contributed by atoms with Crippen molar-refractivity contribution in [2.24, 2.45) is 5.92 Å². The number of Topliss-reactive ketones (excluding diaryl/α,β-unsaturated/α-hetero) is 3. The average molecular weight is 1290 g/mol. The van der Waals surface area contributed by atoms with Crippen LogP contribution in [-0.2, 0) is 49.7 Å². The minimum Gasteiger partial charge on any atom is -0.481 e. The van der Waals surface area contributed by atoms with E-state index in [9.17, 15) is 66.6 Å². The standard InChI is InChI=1S/C71H93N5O15S/c1-7-75-59-32-19-18-30-55(59)70(3,4)62(75)41-37-49-25-22-26-50(65(49)91-54-28-14-11-15-29-54)38-42-63-71(5,6)56-47-51(36-40-60(56)76(63)44-23-45-92(88,89)90)61(79)33-16-10-12-24-52(66(81)82)46-53(78)27-13-8-9-17-34-64(80)72-43-21-20-31-57(67(83)84)73-69(87)74-58(68(85)86)39-35-48(2)77/h11,14-15,18-19,28-30,32,36-38,40-42,47,52,57-58H,7-10,12-13,16-17,20-27,31,33-35,39,43-46H2,1-6H3,(H6-,72,73,74,80,81,82,83,84,85,86,87,88,89,90)/p+1/t52?,57-,58-/m0/s1. The Morgan fingerprint density at radius 3 is 2.01 bits per heavy atom. The van der Waals surface area contributed by atoms with Crippen molar-refractivity contribution in [2.45, 2.75) is 199 Å². The molecule has 0 radical (unpaired) electrons. The summed E-state index contributed by atoms with van der Waals surface area (Å²) in [5, 5.41) is 36.1. The van der Waals surface area contributed by atoms with Gasteiger partial charge in [0.15, 0.2) is 11.5 Å². The first kappa shape index (κ1) is 73.0. The van der Waals surface area contributed by atoms with Crippen LogP contribution in [-0.4, -0.2) is 123 Å². The monoisotopic (exact) mass is 1290 g/mol. The van der Waals surface area contributed by atoms with Gasteiger partial charge in [0.2, 0.25) is 11.6 Å².